The molecule has 0 amide bonds. The molecule has 0 atom stereocenters. The minimum absolute atomic E-state index is 0.453. The Hall–Kier alpha value is -0.810. The van der Waals surface area contributed by atoms with E-state index in [-0.39, 0.29) is 0 Å². The van der Waals surface area contributed by atoms with Gasteiger partial charge >= 0.3 is 0 Å². The molecule has 1 aromatic rings. The van der Waals surface area contributed by atoms with Crippen molar-refractivity contribution in [2.75, 3.05) is 5.75 Å². The molecule has 0 aliphatic rings. The molecule has 1 aromatic heterocycles. The Morgan fingerprint density at radius 2 is 2.33 bits per heavy atom. The van der Waals surface area contributed by atoms with Gasteiger partial charge in [-0.2, -0.15) is 0 Å². The fraction of sp³-hybridized carbons (Fsp3) is 0.600. The monoisotopic (exact) mass is 226 g/mol. The van der Waals surface area contributed by atoms with Crippen LogP contribution in [-0.2, 0) is 13.1 Å². The molecule has 0 saturated carbocycles. The molecule has 15 heavy (non-hydrogen) atoms. The van der Waals surface area contributed by atoms with Crippen molar-refractivity contribution in [3.05, 3.63) is 18.5 Å². The second-order valence-corrected chi connectivity index (χ2v) is 4.24. The predicted octanol–water partition coefficient (Wildman–Crippen LogP) is 1.82. The lowest BCUT2D eigenvalue weighted by Crippen LogP contribution is -2.09. The quantitative estimate of drug-likeness (QED) is 0.438. The minimum Gasteiger partial charge on any atom is -0.324 e. The summed E-state index contributed by atoms with van der Waals surface area (Å²) in [5.74, 6) is 1.87. The molecule has 0 unspecified atom stereocenters. The molecule has 4 nitrogen and oxygen atoms in total. The number of rotatable bonds is 7. The van der Waals surface area contributed by atoms with Crippen molar-refractivity contribution in [2.24, 2.45) is 5.73 Å². The highest BCUT2D eigenvalue weighted by Gasteiger charge is 2.09. The summed E-state index contributed by atoms with van der Waals surface area (Å²) in [6.07, 6.45) is 3.97. The number of aromatic nitrogens is 3. The first-order chi connectivity index (χ1) is 7.33. The third-order valence-corrected chi connectivity index (χ3v) is 2.98. The van der Waals surface area contributed by atoms with Crippen LogP contribution in [0.4, 0.5) is 0 Å². The van der Waals surface area contributed by atoms with E-state index in [0.717, 1.165) is 36.1 Å². The summed E-state index contributed by atoms with van der Waals surface area (Å²) in [7, 11) is 0. The van der Waals surface area contributed by atoms with E-state index in [1.54, 1.807) is 11.8 Å². The largest absolute Gasteiger partial charge is 0.324 e. The van der Waals surface area contributed by atoms with E-state index in [0.29, 0.717) is 6.54 Å². The highest BCUT2D eigenvalue weighted by Crippen LogP contribution is 2.18. The van der Waals surface area contributed by atoms with Gasteiger partial charge in [-0.25, -0.2) is 0 Å². The summed E-state index contributed by atoms with van der Waals surface area (Å²) in [6, 6.07) is 0. The van der Waals surface area contributed by atoms with E-state index >= 15 is 0 Å². The smallest absolute Gasteiger partial charge is 0.191 e. The van der Waals surface area contributed by atoms with Crippen molar-refractivity contribution < 1.29 is 0 Å². The molecule has 0 radical (unpaired) electrons. The van der Waals surface area contributed by atoms with Gasteiger partial charge in [-0.1, -0.05) is 24.8 Å². The molecule has 5 heteroatoms. The van der Waals surface area contributed by atoms with Crippen LogP contribution < -0.4 is 5.73 Å². The lowest BCUT2D eigenvalue weighted by atomic mass is 10.4. The molecule has 0 fully saturated rings. The fourth-order valence-corrected chi connectivity index (χ4v) is 2.18. The number of nitrogens with two attached hydrogens (primary N) is 1. The maximum absolute atomic E-state index is 5.60. The van der Waals surface area contributed by atoms with E-state index in [1.165, 1.54) is 0 Å². The van der Waals surface area contributed by atoms with E-state index in [9.17, 15) is 0 Å². The molecular formula is C10H18N4S. The summed E-state index contributed by atoms with van der Waals surface area (Å²) in [6.45, 7) is 7.23. The lowest BCUT2D eigenvalue weighted by molar-refractivity contribution is 0.592. The summed E-state index contributed by atoms with van der Waals surface area (Å²) in [5, 5.41) is 9.18. The molecule has 1 heterocycles. The predicted molar refractivity (Wildman–Crippen MR) is 63.7 cm³/mol. The molecule has 2 N–H and O–H groups in total. The van der Waals surface area contributed by atoms with Crippen LogP contribution in [0.2, 0.25) is 0 Å². The van der Waals surface area contributed by atoms with Crippen LogP contribution in [0.25, 0.3) is 0 Å². The van der Waals surface area contributed by atoms with Crippen molar-refractivity contribution in [3.63, 3.8) is 0 Å². The number of allylic oxidation sites excluding steroid dienone is 1. The zero-order valence-corrected chi connectivity index (χ0v) is 9.96. The average molecular weight is 226 g/mol. The normalized spacial score (nSPS) is 10.5. The van der Waals surface area contributed by atoms with Gasteiger partial charge in [0.2, 0.25) is 0 Å². The Labute approximate surface area is 95.0 Å². The first-order valence-corrected chi connectivity index (χ1v) is 6.17. The van der Waals surface area contributed by atoms with Crippen LogP contribution in [0.15, 0.2) is 17.8 Å². The molecule has 84 valence electrons. The minimum atomic E-state index is 0.453. The van der Waals surface area contributed by atoms with Gasteiger partial charge in [-0.3, -0.25) is 0 Å². The van der Waals surface area contributed by atoms with E-state index in [4.69, 9.17) is 5.73 Å². The zero-order valence-electron chi connectivity index (χ0n) is 9.15. The Balaban J connectivity index is 2.68. The Morgan fingerprint density at radius 1 is 1.53 bits per heavy atom. The molecule has 0 spiro atoms. The molecule has 0 saturated heterocycles. The third-order valence-electron chi connectivity index (χ3n) is 1.98. The van der Waals surface area contributed by atoms with Gasteiger partial charge in [0.1, 0.15) is 5.82 Å². The number of thioether (sulfide) groups is 1. The summed E-state index contributed by atoms with van der Waals surface area (Å²) >= 11 is 1.71. The maximum Gasteiger partial charge on any atom is 0.191 e. The van der Waals surface area contributed by atoms with Crippen molar-refractivity contribution in [1.82, 2.24) is 14.8 Å². The van der Waals surface area contributed by atoms with Crippen molar-refractivity contribution in [3.8, 4) is 0 Å². The van der Waals surface area contributed by atoms with Crippen LogP contribution in [0, 0.1) is 0 Å². The van der Waals surface area contributed by atoms with Gasteiger partial charge in [0.05, 0.1) is 6.54 Å². The first kappa shape index (κ1) is 12.3. The van der Waals surface area contributed by atoms with Crippen LogP contribution in [0.3, 0.4) is 0 Å². The molecule has 0 aromatic carbocycles. The second-order valence-electron chi connectivity index (χ2n) is 3.18. The van der Waals surface area contributed by atoms with Crippen LogP contribution >= 0.6 is 11.8 Å². The number of hydrogen-bond acceptors (Lipinski definition) is 4. The number of hydrogen-bond donors (Lipinski definition) is 1. The van der Waals surface area contributed by atoms with E-state index in [1.807, 2.05) is 6.08 Å². The SMILES string of the molecule is C=CCCSc1nnc(CN)n1CCC. The van der Waals surface area contributed by atoms with Crippen LogP contribution in [0.5, 0.6) is 0 Å². The standard InChI is InChI=1S/C10H18N4S/c1-3-5-7-15-10-13-12-9(8-11)14(10)6-4-2/h3H,1,4-8,11H2,2H3. The van der Waals surface area contributed by atoms with Gasteiger partial charge in [0.15, 0.2) is 5.16 Å². The summed E-state index contributed by atoms with van der Waals surface area (Å²) < 4.78 is 2.10. The highest BCUT2D eigenvalue weighted by atomic mass is 32.2. The molecular weight excluding hydrogens is 208 g/mol. The maximum atomic E-state index is 5.60. The molecule has 0 aliphatic heterocycles. The first-order valence-electron chi connectivity index (χ1n) is 5.19. The van der Waals surface area contributed by atoms with Gasteiger partial charge < -0.3 is 10.3 Å². The summed E-state index contributed by atoms with van der Waals surface area (Å²) in [5.41, 5.74) is 5.60. The van der Waals surface area contributed by atoms with Crippen LogP contribution in [0.1, 0.15) is 25.6 Å². The number of nitrogens with zero attached hydrogens (tertiary/aromatic N) is 3. The van der Waals surface area contributed by atoms with Gasteiger partial charge in [0.25, 0.3) is 0 Å². The topological polar surface area (TPSA) is 56.7 Å². The average Bonchev–Trinajstić information content (AvgIpc) is 2.62. The fourth-order valence-electron chi connectivity index (χ4n) is 1.26. The second kappa shape index (κ2) is 6.63. The van der Waals surface area contributed by atoms with Gasteiger partial charge in [-0.05, 0) is 12.8 Å². The third kappa shape index (κ3) is 3.35. The molecule has 0 bridgehead atoms. The van der Waals surface area contributed by atoms with Gasteiger partial charge in [-0.15, -0.1) is 16.8 Å². The summed E-state index contributed by atoms with van der Waals surface area (Å²) in [4.78, 5) is 0. The highest BCUT2D eigenvalue weighted by molar-refractivity contribution is 7.99. The lowest BCUT2D eigenvalue weighted by Gasteiger charge is -2.06. The van der Waals surface area contributed by atoms with Crippen molar-refractivity contribution in [1.29, 1.82) is 0 Å². The zero-order chi connectivity index (χ0) is 11.1. The van der Waals surface area contributed by atoms with E-state index in [2.05, 4.69) is 28.3 Å². The van der Waals surface area contributed by atoms with Crippen LogP contribution in [-0.4, -0.2) is 20.5 Å². The van der Waals surface area contributed by atoms with Gasteiger partial charge in [0, 0.05) is 12.3 Å². The van der Waals surface area contributed by atoms with Crippen molar-refractivity contribution >= 4 is 11.8 Å². The Kier molecular flexibility index (Phi) is 5.42. The molecule has 0 aliphatic carbocycles. The Bertz CT molecular complexity index is 308. The molecule has 1 rings (SSSR count). The van der Waals surface area contributed by atoms with Crippen molar-refractivity contribution in [2.45, 2.75) is 38.0 Å². The van der Waals surface area contributed by atoms with E-state index < -0.39 is 0 Å². The Morgan fingerprint density at radius 3 is 2.93 bits per heavy atom.